The van der Waals surface area contributed by atoms with E-state index in [-0.39, 0.29) is 10.8 Å². The van der Waals surface area contributed by atoms with E-state index in [9.17, 15) is 18.0 Å². The summed E-state index contributed by atoms with van der Waals surface area (Å²) in [7, 11) is -3.65. The number of carbonyl (C=O) groups is 2. The molecular weight excluding hydrogens is 414 g/mol. The first kappa shape index (κ1) is 20.6. The van der Waals surface area contributed by atoms with Gasteiger partial charge in [0.2, 0.25) is 21.8 Å². The zero-order chi connectivity index (χ0) is 20.4. The Hall–Kier alpha value is -1.62. The summed E-state index contributed by atoms with van der Waals surface area (Å²) in [6.45, 7) is 2.74. The van der Waals surface area contributed by atoms with Gasteiger partial charge in [-0.1, -0.05) is 12.8 Å². The Morgan fingerprint density at radius 3 is 2.45 bits per heavy atom. The summed E-state index contributed by atoms with van der Waals surface area (Å²) in [4.78, 5) is 28.1. The van der Waals surface area contributed by atoms with Crippen molar-refractivity contribution in [2.24, 2.45) is 0 Å². The summed E-state index contributed by atoms with van der Waals surface area (Å²) < 4.78 is 32.3. The molecule has 1 atom stereocenters. The second-order valence-corrected chi connectivity index (χ2v) is 10.5. The van der Waals surface area contributed by atoms with E-state index in [1.807, 2.05) is 0 Å². The molecule has 158 valence electrons. The van der Waals surface area contributed by atoms with Crippen molar-refractivity contribution in [3.63, 3.8) is 0 Å². The molecule has 0 radical (unpaired) electrons. The van der Waals surface area contributed by atoms with Crippen LogP contribution < -0.4 is 5.32 Å². The number of sulfonamides is 1. The maximum absolute atomic E-state index is 12.9. The van der Waals surface area contributed by atoms with E-state index in [1.165, 1.54) is 22.1 Å². The molecule has 0 bridgehead atoms. The van der Waals surface area contributed by atoms with E-state index in [0.29, 0.717) is 50.0 Å². The number of ether oxygens (including phenoxy) is 1. The maximum Gasteiger partial charge on any atom is 0.247 e. The van der Waals surface area contributed by atoms with Crippen LogP contribution in [-0.2, 0) is 24.3 Å². The van der Waals surface area contributed by atoms with Gasteiger partial charge in [-0.15, -0.1) is 11.8 Å². The summed E-state index contributed by atoms with van der Waals surface area (Å²) >= 11 is 1.20. The highest BCUT2D eigenvalue weighted by atomic mass is 32.2. The fraction of sp³-hybridized carbons (Fsp3) is 0.579. The van der Waals surface area contributed by atoms with Gasteiger partial charge >= 0.3 is 0 Å². The molecule has 2 saturated heterocycles. The van der Waals surface area contributed by atoms with E-state index in [0.717, 1.165) is 25.7 Å². The molecule has 3 aliphatic heterocycles. The first-order chi connectivity index (χ1) is 14.0. The monoisotopic (exact) mass is 439 g/mol. The lowest BCUT2D eigenvalue weighted by molar-refractivity contribution is -0.133. The molecule has 1 aromatic carbocycles. The van der Waals surface area contributed by atoms with E-state index in [4.69, 9.17) is 4.74 Å². The minimum atomic E-state index is -3.65. The van der Waals surface area contributed by atoms with Crippen molar-refractivity contribution in [3.8, 4) is 0 Å². The number of likely N-dealkylation sites (tertiary alicyclic amines) is 1. The highest BCUT2D eigenvalue weighted by Crippen LogP contribution is 2.38. The zero-order valence-electron chi connectivity index (χ0n) is 16.1. The number of carbonyl (C=O) groups excluding carboxylic acids is 2. The second kappa shape index (κ2) is 8.63. The second-order valence-electron chi connectivity index (χ2n) is 7.40. The number of nitrogens with one attached hydrogen (secondary N) is 1. The highest BCUT2D eigenvalue weighted by molar-refractivity contribution is 8.01. The maximum atomic E-state index is 12.9. The number of morpholine rings is 1. The van der Waals surface area contributed by atoms with Crippen LogP contribution in [0.2, 0.25) is 0 Å². The summed E-state index contributed by atoms with van der Waals surface area (Å²) in [6, 6.07) is 4.70. The predicted molar refractivity (Wildman–Crippen MR) is 109 cm³/mol. The van der Waals surface area contributed by atoms with E-state index >= 15 is 0 Å². The lowest BCUT2D eigenvalue weighted by Crippen LogP contribution is -2.45. The Labute approximate surface area is 175 Å². The Kier molecular flexibility index (Phi) is 6.14. The Bertz CT molecular complexity index is 891. The molecule has 3 aliphatic rings. The van der Waals surface area contributed by atoms with Gasteiger partial charge in [0.15, 0.2) is 5.25 Å². The van der Waals surface area contributed by atoms with Crippen LogP contribution in [0.3, 0.4) is 0 Å². The van der Waals surface area contributed by atoms with Gasteiger partial charge in [-0.3, -0.25) is 9.59 Å². The summed E-state index contributed by atoms with van der Waals surface area (Å²) in [6.07, 6.45) is 4.14. The van der Waals surface area contributed by atoms with Gasteiger partial charge < -0.3 is 15.0 Å². The molecule has 0 unspecified atom stereocenters. The van der Waals surface area contributed by atoms with Crippen molar-refractivity contribution in [2.45, 2.75) is 40.7 Å². The molecule has 0 aromatic heterocycles. The van der Waals surface area contributed by atoms with E-state index in [1.54, 1.807) is 17.0 Å². The van der Waals surface area contributed by atoms with Crippen LogP contribution in [0.5, 0.6) is 0 Å². The van der Waals surface area contributed by atoms with Crippen LogP contribution >= 0.6 is 11.8 Å². The Morgan fingerprint density at radius 1 is 1.07 bits per heavy atom. The molecule has 1 aromatic rings. The van der Waals surface area contributed by atoms with Crippen molar-refractivity contribution in [3.05, 3.63) is 18.2 Å². The Balaban J connectivity index is 1.53. The number of thioether (sulfide) groups is 1. The third-order valence-electron chi connectivity index (χ3n) is 5.44. The zero-order valence-corrected chi connectivity index (χ0v) is 17.8. The van der Waals surface area contributed by atoms with Gasteiger partial charge in [0.25, 0.3) is 0 Å². The quantitative estimate of drug-likeness (QED) is 0.718. The molecule has 2 fully saturated rings. The lowest BCUT2D eigenvalue weighted by atomic mass is 10.2. The van der Waals surface area contributed by atoms with Crippen molar-refractivity contribution >= 4 is 39.3 Å². The SMILES string of the molecule is O=C1Nc2cc(S(=O)(=O)N3CCOCC3)ccc2S[C@H]1C(=O)N1CCCCCC1. The van der Waals surface area contributed by atoms with E-state index in [2.05, 4.69) is 5.32 Å². The molecule has 4 rings (SSSR count). The van der Waals surface area contributed by atoms with Gasteiger partial charge in [0.05, 0.1) is 23.8 Å². The van der Waals surface area contributed by atoms with Crippen molar-refractivity contribution < 1.29 is 22.7 Å². The van der Waals surface area contributed by atoms with Gasteiger partial charge in [0.1, 0.15) is 0 Å². The number of anilines is 1. The molecule has 1 N–H and O–H groups in total. The highest BCUT2D eigenvalue weighted by Gasteiger charge is 2.37. The molecule has 29 heavy (non-hydrogen) atoms. The minimum Gasteiger partial charge on any atom is -0.379 e. The molecular formula is C19H25N3O5S2. The van der Waals surface area contributed by atoms with Crippen LogP contribution in [-0.4, -0.2) is 74.1 Å². The van der Waals surface area contributed by atoms with Crippen LogP contribution in [0.25, 0.3) is 0 Å². The number of hydrogen-bond donors (Lipinski definition) is 1. The standard InChI is InChI=1S/C19H25N3O5S2/c23-18-17(19(24)21-7-3-1-2-4-8-21)28-16-6-5-14(13-15(16)20-18)29(25,26)22-9-11-27-12-10-22/h5-6,13,17H,1-4,7-12H2,(H,20,23)/t17-/m1/s1. The fourth-order valence-electron chi connectivity index (χ4n) is 3.80. The van der Waals surface area contributed by atoms with Crippen LogP contribution in [0.1, 0.15) is 25.7 Å². The molecule has 0 spiro atoms. The summed E-state index contributed by atoms with van der Waals surface area (Å²) in [5, 5.41) is 1.91. The van der Waals surface area contributed by atoms with Crippen molar-refractivity contribution in [2.75, 3.05) is 44.7 Å². The van der Waals surface area contributed by atoms with Crippen LogP contribution in [0, 0.1) is 0 Å². The molecule has 2 amide bonds. The number of hydrogen-bond acceptors (Lipinski definition) is 6. The first-order valence-corrected chi connectivity index (χ1v) is 12.3. The fourth-order valence-corrected chi connectivity index (χ4v) is 6.29. The van der Waals surface area contributed by atoms with Gasteiger partial charge in [-0.25, -0.2) is 8.42 Å². The molecule has 0 saturated carbocycles. The Morgan fingerprint density at radius 2 is 1.76 bits per heavy atom. The van der Waals surface area contributed by atoms with Gasteiger partial charge in [-0.2, -0.15) is 4.31 Å². The number of rotatable bonds is 3. The smallest absolute Gasteiger partial charge is 0.247 e. The molecule has 0 aliphatic carbocycles. The lowest BCUT2D eigenvalue weighted by Gasteiger charge is -2.29. The minimum absolute atomic E-state index is 0.136. The van der Waals surface area contributed by atoms with Crippen LogP contribution in [0.4, 0.5) is 5.69 Å². The molecule has 3 heterocycles. The topological polar surface area (TPSA) is 96.0 Å². The third kappa shape index (κ3) is 4.30. The van der Waals surface area contributed by atoms with Gasteiger partial charge in [-0.05, 0) is 31.0 Å². The largest absolute Gasteiger partial charge is 0.379 e. The number of nitrogens with zero attached hydrogens (tertiary/aromatic N) is 2. The number of benzene rings is 1. The third-order valence-corrected chi connectivity index (χ3v) is 8.60. The number of amides is 2. The van der Waals surface area contributed by atoms with Gasteiger partial charge in [0, 0.05) is 31.1 Å². The normalized spacial score (nSPS) is 23.8. The average molecular weight is 440 g/mol. The molecule has 10 heteroatoms. The summed E-state index contributed by atoms with van der Waals surface area (Å²) in [5.41, 5.74) is 0.439. The van der Waals surface area contributed by atoms with Crippen molar-refractivity contribution in [1.29, 1.82) is 0 Å². The predicted octanol–water partition coefficient (Wildman–Crippen LogP) is 1.52. The average Bonchev–Trinajstić information content (AvgIpc) is 3.02. The number of fused-ring (bicyclic) bond motifs is 1. The van der Waals surface area contributed by atoms with E-state index < -0.39 is 21.2 Å². The van der Waals surface area contributed by atoms with Crippen LogP contribution in [0.15, 0.2) is 28.0 Å². The summed E-state index contributed by atoms with van der Waals surface area (Å²) in [5.74, 6) is -0.553. The molecule has 8 nitrogen and oxygen atoms in total. The van der Waals surface area contributed by atoms with Crippen molar-refractivity contribution in [1.82, 2.24) is 9.21 Å². The first-order valence-electron chi connectivity index (χ1n) is 9.95.